The standard InChI is InChI=1S/C6H8N2O2.C2H4O2/c7-2-1-4-3-5(9)8-6(4)10;1-2(3)4/h3H,1-2,7H2,(H,8,9,10);1H3,(H,3,4). The fourth-order valence-corrected chi connectivity index (χ4v) is 0.793. The quantitative estimate of drug-likeness (QED) is 0.496. The van der Waals surface area contributed by atoms with Crippen molar-refractivity contribution in [3.05, 3.63) is 11.6 Å². The van der Waals surface area contributed by atoms with Crippen LogP contribution in [0.1, 0.15) is 13.3 Å². The highest BCUT2D eigenvalue weighted by Crippen LogP contribution is 2.04. The van der Waals surface area contributed by atoms with Crippen molar-refractivity contribution in [2.75, 3.05) is 6.54 Å². The summed E-state index contributed by atoms with van der Waals surface area (Å²) in [5, 5.41) is 9.54. The molecule has 2 amide bonds. The molecule has 0 saturated heterocycles. The van der Waals surface area contributed by atoms with Gasteiger partial charge in [0.2, 0.25) is 0 Å². The number of carboxylic acid groups (broad SMARTS) is 1. The van der Waals surface area contributed by atoms with Crippen LogP contribution >= 0.6 is 0 Å². The number of nitrogens with two attached hydrogens (primary N) is 1. The maximum absolute atomic E-state index is 10.7. The SMILES string of the molecule is CC(=O)O.NCCC1=CC(=O)NC1=O. The molecule has 78 valence electrons. The van der Waals surface area contributed by atoms with Gasteiger partial charge in [-0.25, -0.2) is 0 Å². The number of amides is 2. The number of hydrogen-bond acceptors (Lipinski definition) is 4. The molecule has 0 atom stereocenters. The van der Waals surface area contributed by atoms with E-state index in [0.29, 0.717) is 18.5 Å². The van der Waals surface area contributed by atoms with Crippen molar-refractivity contribution in [1.82, 2.24) is 5.32 Å². The number of carboxylic acids is 1. The molecule has 4 N–H and O–H groups in total. The minimum atomic E-state index is -0.833. The molecular formula is C8H12N2O4. The van der Waals surface area contributed by atoms with Gasteiger partial charge in [0.05, 0.1) is 0 Å². The van der Waals surface area contributed by atoms with Crippen molar-refractivity contribution >= 4 is 17.8 Å². The van der Waals surface area contributed by atoms with Gasteiger partial charge in [-0.3, -0.25) is 19.7 Å². The van der Waals surface area contributed by atoms with E-state index in [9.17, 15) is 9.59 Å². The highest BCUT2D eigenvalue weighted by Gasteiger charge is 2.18. The third-order valence-corrected chi connectivity index (χ3v) is 1.25. The second-order valence-electron chi connectivity index (χ2n) is 2.55. The molecule has 0 unspecified atom stereocenters. The molecule has 0 radical (unpaired) electrons. The van der Waals surface area contributed by atoms with Crippen LogP contribution in [0.2, 0.25) is 0 Å². The van der Waals surface area contributed by atoms with Gasteiger partial charge in [0, 0.05) is 18.6 Å². The smallest absolute Gasteiger partial charge is 0.300 e. The van der Waals surface area contributed by atoms with Gasteiger partial charge in [-0.2, -0.15) is 0 Å². The summed E-state index contributed by atoms with van der Waals surface area (Å²) in [5.41, 5.74) is 5.66. The second kappa shape index (κ2) is 5.87. The predicted molar refractivity (Wildman–Crippen MR) is 48.2 cm³/mol. The highest BCUT2D eigenvalue weighted by molar-refractivity contribution is 6.16. The molecule has 1 heterocycles. The lowest BCUT2D eigenvalue weighted by Crippen LogP contribution is -2.22. The Morgan fingerprint density at radius 1 is 1.57 bits per heavy atom. The van der Waals surface area contributed by atoms with E-state index in [1.165, 1.54) is 6.08 Å². The first-order chi connectivity index (χ1) is 6.47. The van der Waals surface area contributed by atoms with Crippen LogP contribution in [-0.2, 0) is 14.4 Å². The average molecular weight is 200 g/mol. The summed E-state index contributed by atoms with van der Waals surface area (Å²) < 4.78 is 0. The molecule has 0 fully saturated rings. The lowest BCUT2D eigenvalue weighted by Gasteiger charge is -1.93. The monoisotopic (exact) mass is 200 g/mol. The van der Waals surface area contributed by atoms with Gasteiger partial charge in [0.1, 0.15) is 0 Å². The van der Waals surface area contributed by atoms with Crippen LogP contribution < -0.4 is 11.1 Å². The molecule has 0 spiro atoms. The number of rotatable bonds is 2. The normalized spacial score (nSPS) is 14.0. The van der Waals surface area contributed by atoms with Crippen LogP contribution in [0.3, 0.4) is 0 Å². The Hall–Kier alpha value is -1.69. The van der Waals surface area contributed by atoms with Gasteiger partial charge in [0.15, 0.2) is 0 Å². The summed E-state index contributed by atoms with van der Waals surface area (Å²) >= 11 is 0. The number of imide groups is 1. The zero-order valence-corrected chi connectivity index (χ0v) is 7.74. The third kappa shape index (κ3) is 5.04. The predicted octanol–water partition coefficient (Wildman–Crippen LogP) is -0.991. The Bertz CT molecular complexity index is 279. The minimum Gasteiger partial charge on any atom is -0.481 e. The number of carbonyl (C=O) groups excluding carboxylic acids is 2. The fraction of sp³-hybridized carbons (Fsp3) is 0.375. The summed E-state index contributed by atoms with van der Waals surface area (Å²) in [6, 6.07) is 0. The van der Waals surface area contributed by atoms with Crippen molar-refractivity contribution in [3.63, 3.8) is 0 Å². The van der Waals surface area contributed by atoms with Crippen molar-refractivity contribution in [2.45, 2.75) is 13.3 Å². The Balaban J connectivity index is 0.000000364. The van der Waals surface area contributed by atoms with Gasteiger partial charge in [-0.05, 0) is 13.0 Å². The molecule has 0 bridgehead atoms. The molecule has 0 aliphatic carbocycles. The van der Waals surface area contributed by atoms with E-state index in [2.05, 4.69) is 5.32 Å². The van der Waals surface area contributed by atoms with E-state index in [4.69, 9.17) is 15.6 Å². The molecule has 6 nitrogen and oxygen atoms in total. The van der Waals surface area contributed by atoms with Crippen LogP contribution in [0.15, 0.2) is 11.6 Å². The van der Waals surface area contributed by atoms with Crippen molar-refractivity contribution < 1.29 is 19.5 Å². The molecule has 0 saturated carbocycles. The Kier molecular flexibility index (Phi) is 5.16. The topological polar surface area (TPSA) is 109 Å². The third-order valence-electron chi connectivity index (χ3n) is 1.25. The second-order valence-corrected chi connectivity index (χ2v) is 2.55. The van der Waals surface area contributed by atoms with Crippen molar-refractivity contribution in [2.24, 2.45) is 5.73 Å². The van der Waals surface area contributed by atoms with Gasteiger partial charge < -0.3 is 10.8 Å². The average Bonchev–Trinajstić information content (AvgIpc) is 2.30. The van der Waals surface area contributed by atoms with Crippen molar-refractivity contribution in [3.8, 4) is 0 Å². The Morgan fingerprint density at radius 2 is 2.07 bits per heavy atom. The zero-order chi connectivity index (χ0) is 11.1. The largest absolute Gasteiger partial charge is 0.481 e. The molecule has 1 aliphatic rings. The van der Waals surface area contributed by atoms with Crippen LogP contribution in [0.25, 0.3) is 0 Å². The fourth-order valence-electron chi connectivity index (χ4n) is 0.793. The molecule has 14 heavy (non-hydrogen) atoms. The molecule has 0 aromatic rings. The molecular weight excluding hydrogens is 188 g/mol. The summed E-state index contributed by atoms with van der Waals surface area (Å²) in [6.45, 7) is 1.48. The summed E-state index contributed by atoms with van der Waals surface area (Å²) in [7, 11) is 0. The molecule has 0 aromatic heterocycles. The van der Waals surface area contributed by atoms with Crippen molar-refractivity contribution in [1.29, 1.82) is 0 Å². The molecule has 6 heteroatoms. The van der Waals surface area contributed by atoms with Gasteiger partial charge in [-0.15, -0.1) is 0 Å². The Labute approximate surface area is 80.8 Å². The number of aliphatic carboxylic acids is 1. The van der Waals surface area contributed by atoms with Crippen LogP contribution in [-0.4, -0.2) is 29.4 Å². The first-order valence-electron chi connectivity index (χ1n) is 3.93. The lowest BCUT2D eigenvalue weighted by molar-refractivity contribution is -0.134. The summed E-state index contributed by atoms with van der Waals surface area (Å²) in [6.07, 6.45) is 1.76. The van der Waals surface area contributed by atoms with Gasteiger partial charge in [0.25, 0.3) is 17.8 Å². The lowest BCUT2D eigenvalue weighted by atomic mass is 10.2. The number of hydrogen-bond donors (Lipinski definition) is 3. The number of carbonyl (C=O) groups is 3. The minimum absolute atomic E-state index is 0.310. The van der Waals surface area contributed by atoms with E-state index in [1.807, 2.05) is 0 Å². The van der Waals surface area contributed by atoms with E-state index in [1.54, 1.807) is 0 Å². The van der Waals surface area contributed by atoms with Crippen LogP contribution in [0, 0.1) is 0 Å². The van der Waals surface area contributed by atoms with Crippen LogP contribution in [0.5, 0.6) is 0 Å². The maximum Gasteiger partial charge on any atom is 0.300 e. The first-order valence-corrected chi connectivity index (χ1v) is 3.93. The molecule has 0 aromatic carbocycles. The Morgan fingerprint density at radius 3 is 2.36 bits per heavy atom. The van der Waals surface area contributed by atoms with E-state index in [0.717, 1.165) is 6.92 Å². The molecule has 1 aliphatic heterocycles. The summed E-state index contributed by atoms with van der Waals surface area (Å²) in [4.78, 5) is 30.2. The van der Waals surface area contributed by atoms with E-state index in [-0.39, 0.29) is 11.8 Å². The van der Waals surface area contributed by atoms with Gasteiger partial charge >= 0.3 is 0 Å². The van der Waals surface area contributed by atoms with Crippen LogP contribution in [0.4, 0.5) is 0 Å². The zero-order valence-electron chi connectivity index (χ0n) is 7.74. The highest BCUT2D eigenvalue weighted by atomic mass is 16.4. The maximum atomic E-state index is 10.7. The summed E-state index contributed by atoms with van der Waals surface area (Å²) in [5.74, 6) is -1.48. The number of nitrogens with one attached hydrogen (secondary N) is 1. The van der Waals surface area contributed by atoms with E-state index < -0.39 is 5.97 Å². The molecule has 1 rings (SSSR count). The van der Waals surface area contributed by atoms with E-state index >= 15 is 0 Å². The first kappa shape index (κ1) is 12.3. The van der Waals surface area contributed by atoms with Gasteiger partial charge in [-0.1, -0.05) is 0 Å².